The van der Waals surface area contributed by atoms with Crippen LogP contribution in [0.15, 0.2) is 18.2 Å². The largest absolute Gasteiger partial charge is 0.482 e. The van der Waals surface area contributed by atoms with Gasteiger partial charge in [-0.3, -0.25) is 10.1 Å². The Morgan fingerprint density at radius 2 is 1.73 bits per heavy atom. The van der Waals surface area contributed by atoms with Crippen molar-refractivity contribution in [3.8, 4) is 5.75 Å². The van der Waals surface area contributed by atoms with Gasteiger partial charge in [0.05, 0.1) is 0 Å². The van der Waals surface area contributed by atoms with Crippen LogP contribution in [-0.4, -0.2) is 36.7 Å². The summed E-state index contributed by atoms with van der Waals surface area (Å²) >= 11 is 0. The molecular formula is C19H26N2O5. The predicted molar refractivity (Wildman–Crippen MR) is 95.9 cm³/mol. The summed E-state index contributed by atoms with van der Waals surface area (Å²) in [7, 11) is 0. The zero-order valence-corrected chi connectivity index (χ0v) is 15.5. The van der Waals surface area contributed by atoms with Gasteiger partial charge in [-0.1, -0.05) is 18.9 Å². The number of hydrogen-bond donors (Lipinski definition) is 2. The summed E-state index contributed by atoms with van der Waals surface area (Å²) < 4.78 is 10.4. The van der Waals surface area contributed by atoms with Gasteiger partial charge in [-0.05, 0) is 56.9 Å². The Kier molecular flexibility index (Phi) is 7.00. The van der Waals surface area contributed by atoms with Crippen LogP contribution in [0.2, 0.25) is 0 Å². The van der Waals surface area contributed by atoms with Crippen LogP contribution in [0.1, 0.15) is 43.7 Å². The van der Waals surface area contributed by atoms with Crippen molar-refractivity contribution in [1.29, 1.82) is 0 Å². The lowest BCUT2D eigenvalue weighted by Crippen LogP contribution is -2.47. The van der Waals surface area contributed by atoms with E-state index in [1.165, 1.54) is 6.92 Å². The molecule has 0 aliphatic heterocycles. The molecule has 26 heavy (non-hydrogen) atoms. The summed E-state index contributed by atoms with van der Waals surface area (Å²) in [5.41, 5.74) is 2.05. The summed E-state index contributed by atoms with van der Waals surface area (Å²) in [6.45, 7) is 4.96. The van der Waals surface area contributed by atoms with E-state index in [0.717, 1.165) is 36.8 Å². The number of hydrogen-bond acceptors (Lipinski definition) is 5. The van der Waals surface area contributed by atoms with E-state index >= 15 is 0 Å². The first-order valence-corrected chi connectivity index (χ1v) is 8.85. The van der Waals surface area contributed by atoms with Crippen LogP contribution < -0.4 is 15.4 Å². The van der Waals surface area contributed by atoms with E-state index in [1.807, 2.05) is 32.0 Å². The van der Waals surface area contributed by atoms with Gasteiger partial charge in [0.15, 0.2) is 12.7 Å². The van der Waals surface area contributed by atoms with E-state index in [4.69, 9.17) is 9.47 Å². The SMILES string of the molecule is Cc1cc(C)cc(OCC(=O)OC(C)C(=O)NC(=O)NC2CCCC2)c1. The molecule has 2 N–H and O–H groups in total. The third kappa shape index (κ3) is 6.38. The van der Waals surface area contributed by atoms with Crippen molar-refractivity contribution in [3.63, 3.8) is 0 Å². The maximum absolute atomic E-state index is 11.9. The molecule has 0 saturated heterocycles. The van der Waals surface area contributed by atoms with Crippen molar-refractivity contribution < 1.29 is 23.9 Å². The highest BCUT2D eigenvalue weighted by Crippen LogP contribution is 2.17. The Morgan fingerprint density at radius 1 is 1.12 bits per heavy atom. The predicted octanol–water partition coefficient (Wildman–Crippen LogP) is 2.38. The van der Waals surface area contributed by atoms with Gasteiger partial charge in [0, 0.05) is 6.04 Å². The van der Waals surface area contributed by atoms with Crippen LogP contribution in [0.3, 0.4) is 0 Å². The van der Waals surface area contributed by atoms with Crippen LogP contribution in [0.25, 0.3) is 0 Å². The van der Waals surface area contributed by atoms with Gasteiger partial charge in [-0.2, -0.15) is 0 Å². The zero-order chi connectivity index (χ0) is 19.1. The highest BCUT2D eigenvalue weighted by Gasteiger charge is 2.22. The molecule has 1 aliphatic rings. The van der Waals surface area contributed by atoms with E-state index in [0.29, 0.717) is 5.75 Å². The summed E-state index contributed by atoms with van der Waals surface area (Å²) in [5, 5.41) is 4.93. The summed E-state index contributed by atoms with van der Waals surface area (Å²) in [6, 6.07) is 5.16. The molecule has 0 spiro atoms. The summed E-state index contributed by atoms with van der Waals surface area (Å²) in [4.78, 5) is 35.5. The Balaban J connectivity index is 1.72. The van der Waals surface area contributed by atoms with Crippen molar-refractivity contribution in [3.05, 3.63) is 29.3 Å². The van der Waals surface area contributed by atoms with Crippen molar-refractivity contribution in [2.45, 2.75) is 58.6 Å². The molecule has 1 aromatic rings. The summed E-state index contributed by atoms with van der Waals surface area (Å²) in [5.74, 6) is -0.782. The van der Waals surface area contributed by atoms with Crippen molar-refractivity contribution in [2.75, 3.05) is 6.61 Å². The molecule has 7 heteroatoms. The fraction of sp³-hybridized carbons (Fsp3) is 0.526. The monoisotopic (exact) mass is 362 g/mol. The van der Waals surface area contributed by atoms with Gasteiger partial charge in [-0.15, -0.1) is 0 Å². The molecule has 7 nitrogen and oxygen atoms in total. The Morgan fingerprint density at radius 3 is 2.35 bits per heavy atom. The number of nitrogens with one attached hydrogen (secondary N) is 2. The first-order valence-electron chi connectivity index (χ1n) is 8.85. The molecule has 1 aliphatic carbocycles. The van der Waals surface area contributed by atoms with E-state index < -0.39 is 24.0 Å². The van der Waals surface area contributed by atoms with Crippen LogP contribution in [0.4, 0.5) is 4.79 Å². The van der Waals surface area contributed by atoms with Crippen molar-refractivity contribution in [2.24, 2.45) is 0 Å². The van der Waals surface area contributed by atoms with Crippen LogP contribution >= 0.6 is 0 Å². The molecular weight excluding hydrogens is 336 g/mol. The second-order valence-electron chi connectivity index (χ2n) is 6.69. The molecule has 1 saturated carbocycles. The minimum absolute atomic E-state index is 0.104. The zero-order valence-electron chi connectivity index (χ0n) is 15.5. The molecule has 3 amide bonds. The highest BCUT2D eigenvalue weighted by molar-refractivity contribution is 5.97. The van der Waals surface area contributed by atoms with Gasteiger partial charge < -0.3 is 14.8 Å². The molecule has 2 rings (SSSR count). The van der Waals surface area contributed by atoms with Gasteiger partial charge in [-0.25, -0.2) is 9.59 Å². The lowest BCUT2D eigenvalue weighted by atomic mass is 10.1. The Bertz CT molecular complexity index is 648. The number of carbonyl (C=O) groups is 3. The van der Waals surface area contributed by atoms with Crippen molar-refractivity contribution in [1.82, 2.24) is 10.6 Å². The third-order valence-electron chi connectivity index (χ3n) is 4.16. The van der Waals surface area contributed by atoms with Gasteiger partial charge >= 0.3 is 12.0 Å². The van der Waals surface area contributed by atoms with E-state index in [9.17, 15) is 14.4 Å². The maximum atomic E-state index is 11.9. The van der Waals surface area contributed by atoms with Gasteiger partial charge in [0.1, 0.15) is 5.75 Å². The molecule has 0 aromatic heterocycles. The number of amides is 3. The lowest BCUT2D eigenvalue weighted by molar-refractivity contribution is -0.156. The Hall–Kier alpha value is -2.57. The second kappa shape index (κ2) is 9.22. The minimum atomic E-state index is -1.08. The lowest BCUT2D eigenvalue weighted by Gasteiger charge is -2.16. The first kappa shape index (κ1) is 19.8. The van der Waals surface area contributed by atoms with Gasteiger partial charge in [0.25, 0.3) is 5.91 Å². The van der Waals surface area contributed by atoms with Crippen molar-refractivity contribution >= 4 is 17.9 Å². The molecule has 0 heterocycles. The van der Waals surface area contributed by atoms with Crippen LogP contribution in [0, 0.1) is 13.8 Å². The molecule has 1 fully saturated rings. The molecule has 1 unspecified atom stereocenters. The number of benzene rings is 1. The number of imide groups is 1. The smallest absolute Gasteiger partial charge is 0.344 e. The normalized spacial score (nSPS) is 15.2. The standard InChI is InChI=1S/C19H26N2O5/c1-12-8-13(2)10-16(9-12)25-11-17(22)26-14(3)18(23)21-19(24)20-15-6-4-5-7-15/h8-10,14-15H,4-7,11H2,1-3H3,(H2,20,21,23,24). The topological polar surface area (TPSA) is 93.7 Å². The number of rotatable bonds is 6. The number of ether oxygens (including phenoxy) is 2. The number of urea groups is 1. The fourth-order valence-electron chi connectivity index (χ4n) is 2.95. The summed E-state index contributed by atoms with van der Waals surface area (Å²) in [6.07, 6.45) is 2.91. The average molecular weight is 362 g/mol. The van der Waals surface area contributed by atoms with E-state index in [-0.39, 0.29) is 12.6 Å². The average Bonchev–Trinajstić information content (AvgIpc) is 3.04. The molecule has 1 atom stereocenters. The van der Waals surface area contributed by atoms with Crippen LogP contribution in [-0.2, 0) is 14.3 Å². The number of aryl methyl sites for hydroxylation is 2. The number of carbonyl (C=O) groups excluding carboxylic acids is 3. The molecule has 1 aromatic carbocycles. The maximum Gasteiger partial charge on any atom is 0.344 e. The quantitative estimate of drug-likeness (QED) is 0.758. The molecule has 0 bridgehead atoms. The Labute approximate surface area is 153 Å². The first-order chi connectivity index (χ1) is 12.3. The number of esters is 1. The molecule has 142 valence electrons. The second-order valence-corrected chi connectivity index (χ2v) is 6.69. The molecule has 0 radical (unpaired) electrons. The highest BCUT2D eigenvalue weighted by atomic mass is 16.6. The van der Waals surface area contributed by atoms with Gasteiger partial charge in [0.2, 0.25) is 0 Å². The third-order valence-corrected chi connectivity index (χ3v) is 4.16. The fourth-order valence-corrected chi connectivity index (χ4v) is 2.95. The van der Waals surface area contributed by atoms with Crippen LogP contribution in [0.5, 0.6) is 5.75 Å². The van der Waals surface area contributed by atoms with E-state index in [2.05, 4.69) is 10.6 Å². The van der Waals surface area contributed by atoms with E-state index in [1.54, 1.807) is 0 Å². The minimum Gasteiger partial charge on any atom is -0.482 e.